The van der Waals surface area contributed by atoms with Gasteiger partial charge in [-0.3, -0.25) is 0 Å². The number of nitrogens with zero attached hydrogens (tertiary/aromatic N) is 3. The lowest BCUT2D eigenvalue weighted by atomic mass is 10.0. The van der Waals surface area contributed by atoms with Gasteiger partial charge in [-0.15, -0.1) is 0 Å². The Morgan fingerprint density at radius 2 is 1.14 bits per heavy atom. The van der Waals surface area contributed by atoms with E-state index in [4.69, 9.17) is 0 Å². The molecule has 0 N–H and O–H groups in total. The van der Waals surface area contributed by atoms with Gasteiger partial charge in [0, 0.05) is 12.1 Å². The van der Waals surface area contributed by atoms with Gasteiger partial charge in [0.15, 0.2) is 0 Å². The first-order valence-electron chi connectivity index (χ1n) is 9.40. The lowest BCUT2D eigenvalue weighted by Crippen LogP contribution is -2.37. The van der Waals surface area contributed by atoms with Crippen molar-refractivity contribution >= 4 is 0 Å². The van der Waals surface area contributed by atoms with Crippen molar-refractivity contribution in [2.45, 2.75) is 72.4 Å². The third-order valence-corrected chi connectivity index (χ3v) is 5.54. The van der Waals surface area contributed by atoms with Crippen molar-refractivity contribution in [1.29, 1.82) is 0 Å². The minimum Gasteiger partial charge on any atom is -0.307 e. The highest BCUT2D eigenvalue weighted by molar-refractivity contribution is 4.70. The van der Waals surface area contributed by atoms with Gasteiger partial charge in [0.2, 0.25) is 0 Å². The summed E-state index contributed by atoms with van der Waals surface area (Å²) in [5.74, 6) is 0.855. The fourth-order valence-electron chi connectivity index (χ4n) is 2.47. The largest absolute Gasteiger partial charge is 0.307 e. The van der Waals surface area contributed by atoms with Gasteiger partial charge < -0.3 is 14.7 Å². The minimum absolute atomic E-state index is 0.673. The summed E-state index contributed by atoms with van der Waals surface area (Å²) < 4.78 is 0. The van der Waals surface area contributed by atoms with E-state index in [1.807, 2.05) is 0 Å². The van der Waals surface area contributed by atoms with Crippen molar-refractivity contribution in [3.8, 4) is 0 Å². The summed E-state index contributed by atoms with van der Waals surface area (Å²) in [5.41, 5.74) is 0. The molecule has 0 saturated heterocycles. The molecule has 3 heteroatoms. The smallest absolute Gasteiger partial charge is 0.00760 e. The first-order valence-corrected chi connectivity index (χ1v) is 9.40. The van der Waals surface area contributed by atoms with Crippen LogP contribution in [0, 0.1) is 5.92 Å². The predicted molar refractivity (Wildman–Crippen MR) is 101 cm³/mol. The van der Waals surface area contributed by atoms with Gasteiger partial charge in [0.25, 0.3) is 0 Å². The summed E-state index contributed by atoms with van der Waals surface area (Å²) in [6, 6.07) is 1.35. The summed E-state index contributed by atoms with van der Waals surface area (Å²) >= 11 is 0. The van der Waals surface area contributed by atoms with Crippen molar-refractivity contribution in [1.82, 2.24) is 14.7 Å². The molecule has 0 heterocycles. The quantitative estimate of drug-likeness (QED) is 0.512. The Kier molecular flexibility index (Phi) is 12.3. The lowest BCUT2D eigenvalue weighted by molar-refractivity contribution is 0.178. The molecule has 3 atom stereocenters. The second-order valence-corrected chi connectivity index (χ2v) is 7.43. The maximum atomic E-state index is 2.54. The van der Waals surface area contributed by atoms with Crippen LogP contribution in [0.1, 0.15) is 60.3 Å². The molecule has 0 aromatic rings. The van der Waals surface area contributed by atoms with E-state index in [-0.39, 0.29) is 0 Å². The highest BCUT2D eigenvalue weighted by Gasteiger charge is 2.14. The Morgan fingerprint density at radius 1 is 0.682 bits per heavy atom. The second-order valence-electron chi connectivity index (χ2n) is 7.43. The number of hydrogen-bond donors (Lipinski definition) is 0. The van der Waals surface area contributed by atoms with E-state index < -0.39 is 0 Å². The van der Waals surface area contributed by atoms with Crippen molar-refractivity contribution < 1.29 is 0 Å². The standard InChI is InChI=1S/C19H43N3/c1-9-17(3)11-15-21(7)19(5)13-16-22(8)18(4)12-14-20(6)10-2/h17-19H,9-16H2,1-8H3. The third kappa shape index (κ3) is 9.81. The molecule has 3 unspecified atom stereocenters. The van der Waals surface area contributed by atoms with Crippen LogP contribution in [0.3, 0.4) is 0 Å². The molecule has 0 spiro atoms. The van der Waals surface area contributed by atoms with Crippen LogP contribution in [-0.2, 0) is 0 Å². The van der Waals surface area contributed by atoms with Crippen molar-refractivity contribution in [3.63, 3.8) is 0 Å². The predicted octanol–water partition coefficient (Wildman–Crippen LogP) is 3.80. The van der Waals surface area contributed by atoms with Crippen molar-refractivity contribution in [2.75, 3.05) is 47.3 Å². The molecule has 0 radical (unpaired) electrons. The third-order valence-electron chi connectivity index (χ3n) is 5.54. The molecule has 3 nitrogen and oxygen atoms in total. The Labute approximate surface area is 141 Å². The van der Waals surface area contributed by atoms with Gasteiger partial charge in [-0.05, 0) is 86.3 Å². The first kappa shape index (κ1) is 21.9. The summed E-state index contributed by atoms with van der Waals surface area (Å²) in [7, 11) is 6.77. The van der Waals surface area contributed by atoms with Crippen LogP contribution in [0.4, 0.5) is 0 Å². The van der Waals surface area contributed by atoms with Gasteiger partial charge in [0.05, 0.1) is 0 Å². The molecule has 0 aliphatic carbocycles. The molecule has 0 bridgehead atoms. The van der Waals surface area contributed by atoms with E-state index in [0.717, 1.165) is 12.5 Å². The molecule has 22 heavy (non-hydrogen) atoms. The van der Waals surface area contributed by atoms with Crippen LogP contribution in [0.15, 0.2) is 0 Å². The highest BCUT2D eigenvalue weighted by Crippen LogP contribution is 2.11. The molecule has 0 rings (SSSR count). The van der Waals surface area contributed by atoms with Gasteiger partial charge in [-0.25, -0.2) is 0 Å². The van der Waals surface area contributed by atoms with Crippen molar-refractivity contribution in [2.24, 2.45) is 5.92 Å². The number of hydrogen-bond acceptors (Lipinski definition) is 3. The maximum Gasteiger partial charge on any atom is 0.00760 e. The van der Waals surface area contributed by atoms with E-state index in [1.54, 1.807) is 0 Å². The zero-order chi connectivity index (χ0) is 17.1. The zero-order valence-corrected chi connectivity index (χ0v) is 16.7. The van der Waals surface area contributed by atoms with Crippen LogP contribution in [0.25, 0.3) is 0 Å². The fraction of sp³-hybridized carbons (Fsp3) is 1.00. The molecule has 0 aromatic heterocycles. The molecule has 0 amide bonds. The normalized spacial score (nSPS) is 16.5. The van der Waals surface area contributed by atoms with Gasteiger partial charge in [-0.1, -0.05) is 27.2 Å². The molecular formula is C19H43N3. The van der Waals surface area contributed by atoms with Gasteiger partial charge in [0.1, 0.15) is 0 Å². The Hall–Kier alpha value is -0.120. The zero-order valence-electron chi connectivity index (χ0n) is 16.7. The summed E-state index contributed by atoms with van der Waals surface area (Å²) in [6.45, 7) is 16.4. The summed E-state index contributed by atoms with van der Waals surface area (Å²) in [4.78, 5) is 7.47. The molecular weight excluding hydrogens is 270 g/mol. The number of rotatable bonds is 13. The van der Waals surface area contributed by atoms with Crippen LogP contribution >= 0.6 is 0 Å². The van der Waals surface area contributed by atoms with Crippen LogP contribution in [-0.4, -0.2) is 74.1 Å². The molecule has 0 aliphatic rings. The van der Waals surface area contributed by atoms with E-state index in [2.05, 4.69) is 70.5 Å². The Balaban J connectivity index is 3.93. The molecule has 0 saturated carbocycles. The van der Waals surface area contributed by atoms with E-state index in [0.29, 0.717) is 12.1 Å². The molecule has 134 valence electrons. The van der Waals surface area contributed by atoms with Crippen LogP contribution in [0.2, 0.25) is 0 Å². The van der Waals surface area contributed by atoms with Crippen LogP contribution in [0.5, 0.6) is 0 Å². The van der Waals surface area contributed by atoms with Gasteiger partial charge in [-0.2, -0.15) is 0 Å². The average Bonchev–Trinajstić information content (AvgIpc) is 2.53. The van der Waals surface area contributed by atoms with Crippen molar-refractivity contribution in [3.05, 3.63) is 0 Å². The maximum absolute atomic E-state index is 2.54. The SMILES string of the molecule is CCC(C)CCN(C)C(C)CCN(C)C(C)CCN(C)CC. The van der Waals surface area contributed by atoms with E-state index in [9.17, 15) is 0 Å². The molecule has 0 fully saturated rings. The first-order chi connectivity index (χ1) is 10.3. The van der Waals surface area contributed by atoms with Crippen LogP contribution < -0.4 is 0 Å². The van der Waals surface area contributed by atoms with E-state index in [1.165, 1.54) is 45.3 Å². The fourth-order valence-corrected chi connectivity index (χ4v) is 2.47. The van der Waals surface area contributed by atoms with E-state index >= 15 is 0 Å². The summed E-state index contributed by atoms with van der Waals surface area (Å²) in [6.07, 6.45) is 5.15. The average molecular weight is 314 g/mol. The lowest BCUT2D eigenvalue weighted by Gasteiger charge is -2.30. The molecule has 0 aliphatic heterocycles. The Morgan fingerprint density at radius 3 is 1.59 bits per heavy atom. The molecule has 0 aromatic carbocycles. The topological polar surface area (TPSA) is 9.72 Å². The minimum atomic E-state index is 0.673. The van der Waals surface area contributed by atoms with Gasteiger partial charge >= 0.3 is 0 Å². The summed E-state index contributed by atoms with van der Waals surface area (Å²) in [5, 5.41) is 0. The Bertz CT molecular complexity index is 231. The monoisotopic (exact) mass is 313 g/mol. The second kappa shape index (κ2) is 12.3. The highest BCUT2D eigenvalue weighted by atomic mass is 15.2.